The Kier molecular flexibility index (Phi) is 7.76. The SMILES string of the molecule is CCNC(=NCc1nnc2ccccn12)NCc1nc(C(C)C)cs1.I. The van der Waals surface area contributed by atoms with Gasteiger partial charge in [0.05, 0.1) is 12.2 Å². The molecule has 0 bridgehead atoms. The molecule has 0 aliphatic heterocycles. The second-order valence-electron chi connectivity index (χ2n) is 5.91. The molecule has 0 radical (unpaired) electrons. The van der Waals surface area contributed by atoms with Crippen LogP contribution in [0.2, 0.25) is 0 Å². The van der Waals surface area contributed by atoms with Gasteiger partial charge in [-0.05, 0) is 25.0 Å². The fourth-order valence-electron chi connectivity index (χ4n) is 2.32. The Morgan fingerprint density at radius 1 is 1.27 bits per heavy atom. The van der Waals surface area contributed by atoms with Crippen molar-refractivity contribution in [1.29, 1.82) is 0 Å². The van der Waals surface area contributed by atoms with Crippen LogP contribution in [0.1, 0.15) is 43.2 Å². The lowest BCUT2D eigenvalue weighted by molar-refractivity contribution is 0.780. The number of nitrogens with zero attached hydrogens (tertiary/aromatic N) is 5. The lowest BCUT2D eigenvalue weighted by Gasteiger charge is -2.09. The van der Waals surface area contributed by atoms with Crippen molar-refractivity contribution in [2.24, 2.45) is 4.99 Å². The van der Waals surface area contributed by atoms with Crippen molar-refractivity contribution in [3.05, 3.63) is 46.3 Å². The zero-order valence-electron chi connectivity index (χ0n) is 15.1. The number of guanidine groups is 1. The quantitative estimate of drug-likeness (QED) is 0.319. The van der Waals surface area contributed by atoms with Gasteiger partial charge in [0.25, 0.3) is 0 Å². The van der Waals surface area contributed by atoms with Gasteiger partial charge in [0.1, 0.15) is 11.6 Å². The van der Waals surface area contributed by atoms with Crippen molar-refractivity contribution in [1.82, 2.24) is 30.2 Å². The van der Waals surface area contributed by atoms with Crippen LogP contribution in [0.15, 0.2) is 34.8 Å². The third kappa shape index (κ3) is 5.13. The largest absolute Gasteiger partial charge is 0.357 e. The summed E-state index contributed by atoms with van der Waals surface area (Å²) in [5, 5.41) is 18.1. The average molecular weight is 485 g/mol. The fraction of sp³-hybridized carbons (Fsp3) is 0.412. The molecule has 26 heavy (non-hydrogen) atoms. The van der Waals surface area contributed by atoms with Crippen LogP contribution in [0.3, 0.4) is 0 Å². The molecule has 3 heterocycles. The summed E-state index contributed by atoms with van der Waals surface area (Å²) in [4.78, 5) is 9.25. The van der Waals surface area contributed by atoms with Crippen LogP contribution in [0, 0.1) is 0 Å². The maximum absolute atomic E-state index is 4.64. The van der Waals surface area contributed by atoms with Crippen LogP contribution in [0.4, 0.5) is 0 Å². The molecule has 0 aromatic carbocycles. The minimum Gasteiger partial charge on any atom is -0.357 e. The van der Waals surface area contributed by atoms with Crippen molar-refractivity contribution in [3.8, 4) is 0 Å². The number of halogens is 1. The summed E-state index contributed by atoms with van der Waals surface area (Å²) in [6, 6.07) is 5.84. The summed E-state index contributed by atoms with van der Waals surface area (Å²) in [6.45, 7) is 8.26. The Hall–Kier alpha value is -1.75. The van der Waals surface area contributed by atoms with Gasteiger partial charge >= 0.3 is 0 Å². The monoisotopic (exact) mass is 485 g/mol. The van der Waals surface area contributed by atoms with E-state index in [9.17, 15) is 0 Å². The number of rotatable bonds is 6. The molecule has 2 N–H and O–H groups in total. The first-order valence-electron chi connectivity index (χ1n) is 8.42. The molecule has 0 fully saturated rings. The zero-order valence-corrected chi connectivity index (χ0v) is 18.3. The van der Waals surface area contributed by atoms with Crippen molar-refractivity contribution in [2.75, 3.05) is 6.54 Å². The van der Waals surface area contributed by atoms with Gasteiger partial charge in [-0.25, -0.2) is 9.98 Å². The van der Waals surface area contributed by atoms with Gasteiger partial charge in [-0.3, -0.25) is 4.40 Å². The zero-order chi connectivity index (χ0) is 17.6. The van der Waals surface area contributed by atoms with Crippen LogP contribution in [-0.2, 0) is 13.1 Å². The average Bonchev–Trinajstić information content (AvgIpc) is 3.24. The van der Waals surface area contributed by atoms with E-state index >= 15 is 0 Å². The number of hydrogen-bond acceptors (Lipinski definition) is 5. The first-order chi connectivity index (χ1) is 12.2. The second kappa shape index (κ2) is 9.81. The molecule has 3 aromatic rings. The molecule has 0 aliphatic rings. The van der Waals surface area contributed by atoms with Gasteiger partial charge < -0.3 is 10.6 Å². The van der Waals surface area contributed by atoms with Crippen LogP contribution < -0.4 is 10.6 Å². The van der Waals surface area contributed by atoms with Gasteiger partial charge in [-0.1, -0.05) is 19.9 Å². The number of fused-ring (bicyclic) bond motifs is 1. The normalized spacial score (nSPS) is 11.6. The first kappa shape index (κ1) is 20.6. The molecule has 9 heteroatoms. The van der Waals surface area contributed by atoms with Crippen LogP contribution in [0.5, 0.6) is 0 Å². The minimum atomic E-state index is 0. The number of nitrogens with one attached hydrogen (secondary N) is 2. The first-order valence-corrected chi connectivity index (χ1v) is 9.30. The summed E-state index contributed by atoms with van der Waals surface area (Å²) in [6.07, 6.45) is 1.95. The third-order valence-corrected chi connectivity index (χ3v) is 4.54. The minimum absolute atomic E-state index is 0. The van der Waals surface area contributed by atoms with Gasteiger partial charge in [0.2, 0.25) is 0 Å². The lowest BCUT2D eigenvalue weighted by atomic mass is 10.2. The van der Waals surface area contributed by atoms with Crippen LogP contribution in [-0.4, -0.2) is 32.1 Å². The third-order valence-electron chi connectivity index (χ3n) is 3.68. The molecule has 0 unspecified atom stereocenters. The molecular weight excluding hydrogens is 461 g/mol. The van der Waals surface area contributed by atoms with Gasteiger partial charge in [0, 0.05) is 18.1 Å². The summed E-state index contributed by atoms with van der Waals surface area (Å²) >= 11 is 1.67. The molecule has 3 aromatic heterocycles. The molecule has 0 atom stereocenters. The number of hydrogen-bond donors (Lipinski definition) is 2. The van der Waals surface area contributed by atoms with E-state index in [1.807, 2.05) is 35.7 Å². The number of thiazole rings is 1. The maximum atomic E-state index is 4.64. The molecule has 0 aliphatic carbocycles. The van der Waals surface area contributed by atoms with Gasteiger partial charge in [-0.15, -0.1) is 45.5 Å². The Morgan fingerprint density at radius 2 is 2.12 bits per heavy atom. The van der Waals surface area contributed by atoms with E-state index in [4.69, 9.17) is 0 Å². The molecule has 0 spiro atoms. The van der Waals surface area contributed by atoms with Crippen LogP contribution >= 0.6 is 35.3 Å². The molecule has 3 rings (SSSR count). The number of aromatic nitrogens is 4. The molecule has 0 saturated carbocycles. The van der Waals surface area contributed by atoms with E-state index in [0.717, 1.165) is 34.7 Å². The Labute approximate surface area is 174 Å². The summed E-state index contributed by atoms with van der Waals surface area (Å²) in [5.41, 5.74) is 1.97. The van der Waals surface area contributed by atoms with Crippen molar-refractivity contribution >= 4 is 46.9 Å². The standard InChI is InChI=1S/C17H23N7S.HI/c1-4-18-17(20-10-16-21-13(11-25-16)12(2)3)19-9-15-23-22-14-7-5-6-8-24(14)15;/h5-8,11-12H,4,9-10H2,1-3H3,(H2,18,19,20);1H. The van der Waals surface area contributed by atoms with Crippen molar-refractivity contribution < 1.29 is 0 Å². The van der Waals surface area contributed by atoms with Crippen molar-refractivity contribution in [2.45, 2.75) is 39.8 Å². The number of aliphatic imine (C=N–C) groups is 1. The smallest absolute Gasteiger partial charge is 0.192 e. The molecule has 0 saturated heterocycles. The highest BCUT2D eigenvalue weighted by molar-refractivity contribution is 14.0. The Bertz CT molecular complexity index is 856. The highest BCUT2D eigenvalue weighted by Crippen LogP contribution is 2.17. The summed E-state index contributed by atoms with van der Waals surface area (Å²) in [5.74, 6) is 2.01. The Balaban J connectivity index is 0.00000243. The molecule has 0 amide bonds. The summed E-state index contributed by atoms with van der Waals surface area (Å²) in [7, 11) is 0. The topological polar surface area (TPSA) is 79.5 Å². The van der Waals surface area contributed by atoms with E-state index in [2.05, 4.69) is 50.0 Å². The van der Waals surface area contributed by atoms with Crippen molar-refractivity contribution in [3.63, 3.8) is 0 Å². The summed E-state index contributed by atoms with van der Waals surface area (Å²) < 4.78 is 1.95. The molecule has 140 valence electrons. The predicted octanol–water partition coefficient (Wildman–Crippen LogP) is 3.18. The molecular formula is C17H24IN7S. The molecule has 7 nitrogen and oxygen atoms in total. The maximum Gasteiger partial charge on any atom is 0.192 e. The Morgan fingerprint density at radius 3 is 2.85 bits per heavy atom. The highest BCUT2D eigenvalue weighted by Gasteiger charge is 2.07. The fourth-order valence-corrected chi connectivity index (χ4v) is 3.22. The van der Waals surface area contributed by atoms with Gasteiger partial charge in [0.15, 0.2) is 17.4 Å². The van der Waals surface area contributed by atoms with Gasteiger partial charge in [-0.2, -0.15) is 0 Å². The van der Waals surface area contributed by atoms with E-state index < -0.39 is 0 Å². The van der Waals surface area contributed by atoms with E-state index in [-0.39, 0.29) is 24.0 Å². The number of pyridine rings is 1. The predicted molar refractivity (Wildman–Crippen MR) is 116 cm³/mol. The van der Waals surface area contributed by atoms with E-state index in [0.29, 0.717) is 19.0 Å². The van der Waals surface area contributed by atoms with E-state index in [1.54, 1.807) is 11.3 Å². The second-order valence-corrected chi connectivity index (χ2v) is 6.86. The van der Waals surface area contributed by atoms with E-state index in [1.165, 1.54) is 0 Å². The lowest BCUT2D eigenvalue weighted by Crippen LogP contribution is -2.36. The highest BCUT2D eigenvalue weighted by atomic mass is 127. The van der Waals surface area contributed by atoms with Crippen LogP contribution in [0.25, 0.3) is 5.65 Å².